The molecule has 29 heavy (non-hydrogen) atoms. The van der Waals surface area contributed by atoms with Crippen molar-refractivity contribution in [2.75, 3.05) is 16.7 Å². The van der Waals surface area contributed by atoms with Gasteiger partial charge in [0.05, 0.1) is 11.4 Å². The SMILES string of the molecule is CCN(C(=O)n1nnn(-c2c(F)cccc2F)c1=O)c1ccc(N(O)O)cc1F. The average molecular weight is 410 g/mol. The fourth-order valence-electron chi connectivity index (χ4n) is 2.56. The number of carbonyl (C=O) groups excluding carboxylic acids is 1. The molecule has 0 radical (unpaired) electrons. The van der Waals surface area contributed by atoms with E-state index in [1.165, 1.54) is 6.92 Å². The van der Waals surface area contributed by atoms with Crippen LogP contribution >= 0.6 is 0 Å². The van der Waals surface area contributed by atoms with Gasteiger partial charge < -0.3 is 0 Å². The number of benzene rings is 2. The number of rotatable bonds is 4. The van der Waals surface area contributed by atoms with Crippen molar-refractivity contribution in [3.05, 3.63) is 64.3 Å². The van der Waals surface area contributed by atoms with Crippen LogP contribution in [0.2, 0.25) is 0 Å². The van der Waals surface area contributed by atoms with E-state index < -0.39 is 34.9 Å². The Balaban J connectivity index is 2.02. The Kier molecular flexibility index (Phi) is 5.34. The smallest absolute Gasteiger partial charge is 0.290 e. The fraction of sp³-hybridized carbons (Fsp3) is 0.125. The van der Waals surface area contributed by atoms with E-state index in [2.05, 4.69) is 10.4 Å². The highest BCUT2D eigenvalue weighted by molar-refractivity contribution is 5.93. The van der Waals surface area contributed by atoms with E-state index in [-0.39, 0.29) is 32.5 Å². The Morgan fingerprint density at radius 2 is 1.72 bits per heavy atom. The van der Waals surface area contributed by atoms with E-state index in [1.54, 1.807) is 0 Å². The summed E-state index contributed by atoms with van der Waals surface area (Å²) in [5.74, 6) is -3.21. The molecule has 0 unspecified atom stereocenters. The molecule has 0 atom stereocenters. The van der Waals surface area contributed by atoms with Crippen molar-refractivity contribution in [2.45, 2.75) is 6.92 Å². The monoisotopic (exact) mass is 410 g/mol. The first kappa shape index (κ1) is 20.0. The maximum Gasteiger partial charge on any atom is 0.377 e. The van der Waals surface area contributed by atoms with E-state index in [1.807, 2.05) is 0 Å². The summed E-state index contributed by atoms with van der Waals surface area (Å²) in [6.07, 6.45) is 0. The number of anilines is 2. The number of halogens is 3. The third-order valence-electron chi connectivity index (χ3n) is 3.91. The van der Waals surface area contributed by atoms with Crippen LogP contribution in [0.1, 0.15) is 6.92 Å². The first-order valence-electron chi connectivity index (χ1n) is 8.05. The van der Waals surface area contributed by atoms with Gasteiger partial charge in [0.2, 0.25) is 0 Å². The predicted octanol–water partition coefficient (Wildman–Crippen LogP) is 1.93. The van der Waals surface area contributed by atoms with Crippen molar-refractivity contribution in [2.24, 2.45) is 0 Å². The number of tetrazole rings is 1. The molecule has 1 amide bonds. The molecule has 0 saturated heterocycles. The zero-order chi connectivity index (χ0) is 21.3. The normalized spacial score (nSPS) is 10.8. The lowest BCUT2D eigenvalue weighted by atomic mass is 10.2. The van der Waals surface area contributed by atoms with E-state index in [4.69, 9.17) is 10.4 Å². The number of amides is 1. The molecule has 0 aliphatic rings. The maximum atomic E-state index is 14.3. The quantitative estimate of drug-likeness (QED) is 0.499. The van der Waals surface area contributed by atoms with Crippen LogP contribution in [0.25, 0.3) is 5.69 Å². The third kappa shape index (κ3) is 3.55. The fourth-order valence-corrected chi connectivity index (χ4v) is 2.56. The molecule has 1 aromatic heterocycles. The summed E-state index contributed by atoms with van der Waals surface area (Å²) in [5.41, 5.74) is -2.71. The van der Waals surface area contributed by atoms with Gasteiger partial charge in [0, 0.05) is 12.6 Å². The van der Waals surface area contributed by atoms with Crippen LogP contribution in [0.4, 0.5) is 29.3 Å². The van der Waals surface area contributed by atoms with E-state index >= 15 is 0 Å². The summed E-state index contributed by atoms with van der Waals surface area (Å²) >= 11 is 0. The summed E-state index contributed by atoms with van der Waals surface area (Å²) in [5, 5.41) is 24.2. The molecular weight excluding hydrogens is 397 g/mol. The number of nitrogens with zero attached hydrogens (tertiary/aromatic N) is 6. The molecule has 2 N–H and O–H groups in total. The highest BCUT2D eigenvalue weighted by Gasteiger charge is 2.26. The van der Waals surface area contributed by atoms with Gasteiger partial charge in [-0.25, -0.2) is 22.8 Å². The van der Waals surface area contributed by atoms with Crippen LogP contribution in [-0.2, 0) is 0 Å². The van der Waals surface area contributed by atoms with E-state index in [0.29, 0.717) is 0 Å². The molecule has 0 bridgehead atoms. The molecule has 0 fully saturated rings. The van der Waals surface area contributed by atoms with Crippen molar-refractivity contribution in [3.8, 4) is 5.69 Å². The molecule has 0 spiro atoms. The van der Waals surface area contributed by atoms with Crippen molar-refractivity contribution in [1.29, 1.82) is 0 Å². The van der Waals surface area contributed by atoms with Gasteiger partial charge in [-0.1, -0.05) is 6.07 Å². The Labute approximate surface area is 160 Å². The minimum absolute atomic E-state index is 0.121. The van der Waals surface area contributed by atoms with Gasteiger partial charge in [0.1, 0.15) is 11.5 Å². The molecule has 3 aromatic rings. The second-order valence-corrected chi connectivity index (χ2v) is 5.61. The highest BCUT2D eigenvalue weighted by atomic mass is 19.1. The molecule has 13 heteroatoms. The zero-order valence-electron chi connectivity index (χ0n) is 14.7. The highest BCUT2D eigenvalue weighted by Crippen LogP contribution is 2.24. The van der Waals surface area contributed by atoms with Gasteiger partial charge in [-0.2, -0.15) is 4.68 Å². The molecule has 152 valence electrons. The van der Waals surface area contributed by atoms with Crippen LogP contribution in [-0.4, -0.2) is 42.8 Å². The number of hydrogen-bond donors (Lipinski definition) is 2. The maximum absolute atomic E-state index is 14.3. The van der Waals surface area contributed by atoms with Gasteiger partial charge in [0.25, 0.3) is 0 Å². The van der Waals surface area contributed by atoms with Crippen molar-refractivity contribution in [1.82, 2.24) is 19.8 Å². The van der Waals surface area contributed by atoms with Gasteiger partial charge >= 0.3 is 11.7 Å². The van der Waals surface area contributed by atoms with Gasteiger partial charge in [-0.3, -0.25) is 15.3 Å². The van der Waals surface area contributed by atoms with Crippen LogP contribution < -0.4 is 15.8 Å². The molecule has 0 saturated carbocycles. The van der Waals surface area contributed by atoms with Gasteiger partial charge in [0.15, 0.2) is 11.6 Å². The average Bonchev–Trinajstić information content (AvgIpc) is 3.04. The van der Waals surface area contributed by atoms with Gasteiger partial charge in [-0.05, 0) is 41.6 Å². The lowest BCUT2D eigenvalue weighted by Crippen LogP contribution is -2.41. The first-order chi connectivity index (χ1) is 13.8. The first-order valence-corrected chi connectivity index (χ1v) is 8.05. The van der Waals surface area contributed by atoms with E-state index in [0.717, 1.165) is 41.3 Å². The minimum Gasteiger partial charge on any atom is -0.290 e. The number of carbonyl (C=O) groups is 1. The van der Waals surface area contributed by atoms with Crippen LogP contribution in [0.5, 0.6) is 0 Å². The van der Waals surface area contributed by atoms with Crippen molar-refractivity contribution in [3.63, 3.8) is 0 Å². The van der Waals surface area contributed by atoms with E-state index in [9.17, 15) is 22.8 Å². The summed E-state index contributed by atoms with van der Waals surface area (Å²) < 4.78 is 42.6. The summed E-state index contributed by atoms with van der Waals surface area (Å²) in [4.78, 5) is 25.9. The molecule has 1 heterocycles. The standard InChI is InChI=1S/C16H13F3N6O4/c1-2-22(13-7-6-9(25(28)29)8-12(13)19)15(26)24-16(27)23(20-21-24)14-10(17)4-3-5-11(14)18/h3-8,28-29H,2H2,1H3. The summed E-state index contributed by atoms with van der Waals surface area (Å²) in [7, 11) is 0. The van der Waals surface area contributed by atoms with Crippen molar-refractivity contribution < 1.29 is 28.4 Å². The molecule has 10 nitrogen and oxygen atoms in total. The zero-order valence-corrected chi connectivity index (χ0v) is 14.7. The molecule has 2 aromatic carbocycles. The molecule has 0 aliphatic heterocycles. The third-order valence-corrected chi connectivity index (χ3v) is 3.91. The van der Waals surface area contributed by atoms with Crippen LogP contribution in [0.15, 0.2) is 41.2 Å². The largest absolute Gasteiger partial charge is 0.377 e. The van der Waals surface area contributed by atoms with Gasteiger partial charge in [-0.15, -0.1) is 9.91 Å². The second kappa shape index (κ2) is 7.73. The number of para-hydroxylation sites is 1. The Bertz CT molecular complexity index is 1110. The summed E-state index contributed by atoms with van der Waals surface area (Å²) in [6.45, 7) is 1.35. The molecular formula is C16H13F3N6O4. The Morgan fingerprint density at radius 1 is 1.07 bits per heavy atom. The van der Waals surface area contributed by atoms with Crippen LogP contribution in [0, 0.1) is 17.5 Å². The molecule has 0 aliphatic carbocycles. The van der Waals surface area contributed by atoms with Crippen LogP contribution in [0.3, 0.4) is 0 Å². The minimum atomic E-state index is -1.27. The number of hydrogen-bond acceptors (Lipinski definition) is 7. The topological polar surface area (TPSA) is 117 Å². The number of aromatic nitrogens is 4. The Hall–Kier alpha value is -3.71. The molecule has 3 rings (SSSR count). The predicted molar refractivity (Wildman–Crippen MR) is 91.8 cm³/mol. The summed E-state index contributed by atoms with van der Waals surface area (Å²) in [6, 6.07) is 4.64. The lowest BCUT2D eigenvalue weighted by Gasteiger charge is -2.21. The Morgan fingerprint density at radius 3 is 2.28 bits per heavy atom. The van der Waals surface area contributed by atoms with Crippen molar-refractivity contribution >= 4 is 17.4 Å². The second-order valence-electron chi connectivity index (χ2n) is 5.61. The lowest BCUT2D eigenvalue weighted by molar-refractivity contribution is 0.0290.